The van der Waals surface area contributed by atoms with E-state index in [0.29, 0.717) is 0 Å². The Bertz CT molecular complexity index is 848. The fraction of sp³-hybridized carbons (Fsp3) is 0.143. The van der Waals surface area contributed by atoms with Crippen LogP contribution in [0.1, 0.15) is 22.7 Å². The Kier molecular flexibility index (Phi) is 3.18. The third-order valence-corrected chi connectivity index (χ3v) is 3.43. The summed E-state index contributed by atoms with van der Waals surface area (Å²) in [5.41, 5.74) is 4.24. The van der Waals surface area contributed by atoms with E-state index in [1.54, 1.807) is 6.07 Å². The third kappa shape index (κ3) is 2.34. The van der Waals surface area contributed by atoms with Gasteiger partial charge < -0.3 is 15.6 Å². The summed E-state index contributed by atoms with van der Waals surface area (Å²) >= 11 is 0. The maximum atomic E-state index is 13.2. The molecule has 0 radical (unpaired) electrons. The number of aromatic amines is 1. The number of nitrogens with zero attached hydrogens (tertiary/aromatic N) is 2. The highest BCUT2D eigenvalue weighted by Gasteiger charge is 2.44. The Balaban J connectivity index is 2.28. The van der Waals surface area contributed by atoms with Gasteiger partial charge in [0.05, 0.1) is 11.5 Å². The van der Waals surface area contributed by atoms with Gasteiger partial charge in [-0.2, -0.15) is 18.4 Å². The van der Waals surface area contributed by atoms with Crippen LogP contribution in [-0.2, 0) is 6.18 Å². The fourth-order valence-corrected chi connectivity index (χ4v) is 2.50. The van der Waals surface area contributed by atoms with E-state index < -0.39 is 17.8 Å². The molecule has 0 amide bonds. The Hall–Kier alpha value is -3.15. The first-order valence-corrected chi connectivity index (χ1v) is 6.35. The van der Waals surface area contributed by atoms with E-state index in [-0.39, 0.29) is 34.2 Å². The minimum absolute atomic E-state index is 0.150. The van der Waals surface area contributed by atoms with E-state index in [1.807, 2.05) is 5.10 Å². The number of phenols is 1. The summed E-state index contributed by atoms with van der Waals surface area (Å²) in [4.78, 5) is 0. The third-order valence-electron chi connectivity index (χ3n) is 3.43. The molecule has 1 aliphatic rings. The van der Waals surface area contributed by atoms with Crippen molar-refractivity contribution in [3.8, 4) is 17.7 Å². The molecule has 0 spiro atoms. The lowest BCUT2D eigenvalue weighted by atomic mass is 9.84. The Morgan fingerprint density at radius 1 is 1.39 bits per heavy atom. The molecule has 4 N–H and O–H groups in total. The van der Waals surface area contributed by atoms with Gasteiger partial charge in [0.2, 0.25) is 11.8 Å². The summed E-state index contributed by atoms with van der Waals surface area (Å²) in [5, 5.41) is 24.2. The number of hydrogen-bond acceptors (Lipinski definition) is 5. The van der Waals surface area contributed by atoms with Gasteiger partial charge in [0, 0.05) is 0 Å². The van der Waals surface area contributed by atoms with E-state index in [1.165, 1.54) is 24.3 Å². The van der Waals surface area contributed by atoms with Crippen LogP contribution >= 0.6 is 0 Å². The van der Waals surface area contributed by atoms with Crippen LogP contribution in [0.15, 0.2) is 35.7 Å². The van der Waals surface area contributed by atoms with Gasteiger partial charge in [-0.25, -0.2) is 0 Å². The molecule has 0 saturated heterocycles. The van der Waals surface area contributed by atoms with Crippen LogP contribution in [0.2, 0.25) is 0 Å². The number of halogens is 3. The number of rotatable bonds is 1. The highest BCUT2D eigenvalue weighted by atomic mass is 19.4. The molecule has 23 heavy (non-hydrogen) atoms. The average molecular weight is 322 g/mol. The number of nitriles is 1. The molecular weight excluding hydrogens is 313 g/mol. The van der Waals surface area contributed by atoms with Crippen molar-refractivity contribution >= 4 is 0 Å². The number of nitrogens with two attached hydrogens (primary N) is 1. The predicted octanol–water partition coefficient (Wildman–Crippen LogP) is 2.35. The van der Waals surface area contributed by atoms with Crippen molar-refractivity contribution < 1.29 is 23.0 Å². The first-order chi connectivity index (χ1) is 10.8. The molecular formula is C14H9F3N4O2. The summed E-state index contributed by atoms with van der Waals surface area (Å²) in [5.74, 6) is -1.97. The van der Waals surface area contributed by atoms with Crippen LogP contribution in [0.4, 0.5) is 13.2 Å². The first kappa shape index (κ1) is 14.8. The minimum Gasteiger partial charge on any atom is -0.508 e. The van der Waals surface area contributed by atoms with Crippen molar-refractivity contribution in [1.29, 1.82) is 5.26 Å². The van der Waals surface area contributed by atoms with Crippen LogP contribution < -0.4 is 10.5 Å². The summed E-state index contributed by atoms with van der Waals surface area (Å²) in [6.07, 6.45) is -4.72. The van der Waals surface area contributed by atoms with E-state index in [4.69, 9.17) is 10.5 Å². The summed E-state index contributed by atoms with van der Waals surface area (Å²) in [6, 6.07) is 7.34. The normalized spacial score (nSPS) is 17.4. The van der Waals surface area contributed by atoms with Crippen LogP contribution in [0.25, 0.3) is 0 Å². The number of H-pyrrole nitrogens is 1. The molecule has 2 heterocycles. The molecule has 0 bridgehead atoms. The number of phenolic OH excluding ortho intramolecular Hbond substituents is 1. The standard InChI is InChI=1S/C14H9F3N4O2/c15-14(16,17)11-10-9(6-2-1-3-7(22)4-6)8(5-18)12(19)23-13(10)21-20-11/h1-4,9,22H,19H2,(H,20,21)/t9-/m0/s1. The average Bonchev–Trinajstić information content (AvgIpc) is 2.89. The molecule has 0 unspecified atom stereocenters. The van der Waals surface area contributed by atoms with Gasteiger partial charge in [0.25, 0.3) is 0 Å². The minimum atomic E-state index is -4.72. The van der Waals surface area contributed by atoms with Crippen molar-refractivity contribution in [2.75, 3.05) is 0 Å². The topological polar surface area (TPSA) is 108 Å². The summed E-state index contributed by atoms with van der Waals surface area (Å²) < 4.78 is 44.6. The van der Waals surface area contributed by atoms with Crippen molar-refractivity contribution in [1.82, 2.24) is 10.2 Å². The number of hydrogen-bond donors (Lipinski definition) is 3. The number of aromatic nitrogens is 2. The maximum Gasteiger partial charge on any atom is 0.433 e. The van der Waals surface area contributed by atoms with Gasteiger partial charge in [-0.3, -0.25) is 5.10 Å². The monoisotopic (exact) mass is 322 g/mol. The van der Waals surface area contributed by atoms with E-state index >= 15 is 0 Å². The number of aromatic hydroxyl groups is 1. The number of ether oxygens (including phenoxy) is 1. The quantitative estimate of drug-likeness (QED) is 0.747. The van der Waals surface area contributed by atoms with Crippen molar-refractivity contribution in [3.63, 3.8) is 0 Å². The molecule has 0 saturated carbocycles. The molecule has 2 aromatic rings. The van der Waals surface area contributed by atoms with Gasteiger partial charge in [-0.15, -0.1) is 5.10 Å². The van der Waals surface area contributed by atoms with Gasteiger partial charge >= 0.3 is 6.18 Å². The predicted molar refractivity (Wildman–Crippen MR) is 71.0 cm³/mol. The number of fused-ring (bicyclic) bond motifs is 1. The Labute approximate surface area is 127 Å². The number of nitrogens with one attached hydrogen (secondary N) is 1. The lowest BCUT2D eigenvalue weighted by Gasteiger charge is -2.24. The SMILES string of the molecule is N#CC1=C(N)Oc2n[nH]c(C(F)(F)F)c2[C@H]1c1cccc(O)c1. The molecule has 118 valence electrons. The number of benzene rings is 1. The second kappa shape index (κ2) is 4.95. The lowest BCUT2D eigenvalue weighted by Crippen LogP contribution is -2.22. The van der Waals surface area contributed by atoms with E-state index in [0.717, 1.165) is 0 Å². The molecule has 0 fully saturated rings. The largest absolute Gasteiger partial charge is 0.508 e. The zero-order valence-corrected chi connectivity index (χ0v) is 11.3. The molecule has 6 nitrogen and oxygen atoms in total. The zero-order chi connectivity index (χ0) is 16.8. The zero-order valence-electron chi connectivity index (χ0n) is 11.3. The van der Waals surface area contributed by atoms with Crippen LogP contribution in [0, 0.1) is 11.3 Å². The molecule has 9 heteroatoms. The maximum absolute atomic E-state index is 13.2. The first-order valence-electron chi connectivity index (χ1n) is 6.35. The molecule has 1 atom stereocenters. The molecule has 1 aromatic heterocycles. The highest BCUT2D eigenvalue weighted by Crippen LogP contribution is 2.47. The molecule has 1 aliphatic heterocycles. The number of allylic oxidation sites excluding steroid dienone is 1. The van der Waals surface area contributed by atoms with Crippen LogP contribution in [0.5, 0.6) is 11.6 Å². The molecule has 1 aromatic carbocycles. The smallest absolute Gasteiger partial charge is 0.433 e. The van der Waals surface area contributed by atoms with Gasteiger partial charge in [-0.1, -0.05) is 12.1 Å². The van der Waals surface area contributed by atoms with Gasteiger partial charge in [-0.05, 0) is 17.7 Å². The molecule has 3 rings (SSSR count). The summed E-state index contributed by atoms with van der Waals surface area (Å²) in [7, 11) is 0. The summed E-state index contributed by atoms with van der Waals surface area (Å²) in [6.45, 7) is 0. The lowest BCUT2D eigenvalue weighted by molar-refractivity contribution is -0.141. The van der Waals surface area contributed by atoms with E-state index in [9.17, 15) is 23.5 Å². The van der Waals surface area contributed by atoms with Gasteiger partial charge in [0.1, 0.15) is 23.1 Å². The Morgan fingerprint density at radius 2 is 2.13 bits per heavy atom. The van der Waals surface area contributed by atoms with E-state index in [2.05, 4.69) is 5.10 Å². The van der Waals surface area contributed by atoms with Crippen molar-refractivity contribution in [3.05, 3.63) is 52.5 Å². The van der Waals surface area contributed by atoms with Crippen molar-refractivity contribution in [2.24, 2.45) is 5.73 Å². The Morgan fingerprint density at radius 3 is 2.74 bits per heavy atom. The second-order valence-corrected chi connectivity index (χ2v) is 4.83. The van der Waals surface area contributed by atoms with Gasteiger partial charge in [0.15, 0.2) is 0 Å². The highest BCUT2D eigenvalue weighted by molar-refractivity contribution is 5.56. The van der Waals surface area contributed by atoms with Crippen LogP contribution in [-0.4, -0.2) is 15.3 Å². The van der Waals surface area contributed by atoms with Crippen molar-refractivity contribution in [2.45, 2.75) is 12.1 Å². The van der Waals surface area contributed by atoms with Crippen LogP contribution in [0.3, 0.4) is 0 Å². The molecule has 0 aliphatic carbocycles. The number of alkyl halides is 3. The fourth-order valence-electron chi connectivity index (χ4n) is 2.50. The second-order valence-electron chi connectivity index (χ2n) is 4.83.